The van der Waals surface area contributed by atoms with Gasteiger partial charge in [0.1, 0.15) is 5.41 Å². The number of carbonyl (C=O) groups excluding carboxylic acids is 3. The van der Waals surface area contributed by atoms with Gasteiger partial charge in [0.05, 0.1) is 6.10 Å². The summed E-state index contributed by atoms with van der Waals surface area (Å²) in [4.78, 5) is 38.0. The van der Waals surface area contributed by atoms with E-state index in [0.29, 0.717) is 32.3 Å². The molecule has 0 radical (unpaired) electrons. The number of ether oxygens (including phenoxy) is 1. The zero-order valence-corrected chi connectivity index (χ0v) is 11.7. The molecular formula is C14H20N2O4. The Balaban J connectivity index is 1.76. The highest BCUT2D eigenvalue weighted by Gasteiger charge is 2.57. The lowest BCUT2D eigenvalue weighted by Crippen LogP contribution is -2.67. The zero-order valence-electron chi connectivity index (χ0n) is 11.7. The fourth-order valence-corrected chi connectivity index (χ4v) is 3.57. The molecule has 6 heteroatoms. The van der Waals surface area contributed by atoms with Gasteiger partial charge in [0.15, 0.2) is 0 Å². The number of hydrogen-bond donors (Lipinski definition) is 1. The third kappa shape index (κ3) is 1.85. The molecule has 0 unspecified atom stereocenters. The zero-order chi connectivity index (χ0) is 14.3. The monoisotopic (exact) mass is 280 g/mol. The minimum atomic E-state index is -0.982. The summed E-state index contributed by atoms with van der Waals surface area (Å²) in [6.07, 6.45) is 4.34. The van der Waals surface area contributed by atoms with Gasteiger partial charge in [-0.25, -0.2) is 4.79 Å². The fraction of sp³-hybridized carbons (Fsp3) is 0.786. The highest BCUT2D eigenvalue weighted by molar-refractivity contribution is 6.19. The molecule has 1 saturated heterocycles. The molecule has 110 valence electrons. The molecule has 3 fully saturated rings. The molecule has 3 rings (SSSR count). The quantitative estimate of drug-likeness (QED) is 0.788. The first-order valence-electron chi connectivity index (χ1n) is 7.39. The predicted octanol–water partition coefficient (Wildman–Crippen LogP) is 1.19. The first-order valence-corrected chi connectivity index (χ1v) is 7.39. The first-order chi connectivity index (χ1) is 9.58. The number of barbiturate groups is 1. The van der Waals surface area contributed by atoms with Gasteiger partial charge in [0.2, 0.25) is 11.8 Å². The topological polar surface area (TPSA) is 75.7 Å². The summed E-state index contributed by atoms with van der Waals surface area (Å²) in [5.41, 5.74) is -0.982. The molecule has 4 amide bonds. The van der Waals surface area contributed by atoms with E-state index in [1.807, 2.05) is 6.92 Å². The van der Waals surface area contributed by atoms with Crippen molar-refractivity contribution in [1.82, 2.24) is 10.2 Å². The third-order valence-corrected chi connectivity index (χ3v) is 4.80. The van der Waals surface area contributed by atoms with E-state index in [0.717, 1.165) is 12.8 Å². The van der Waals surface area contributed by atoms with Crippen molar-refractivity contribution < 1.29 is 19.1 Å². The molecule has 2 aliphatic carbocycles. The van der Waals surface area contributed by atoms with Crippen LogP contribution in [0.25, 0.3) is 0 Å². The molecule has 0 bridgehead atoms. The van der Waals surface area contributed by atoms with Gasteiger partial charge in [0.25, 0.3) is 0 Å². The molecule has 1 heterocycles. The molecule has 20 heavy (non-hydrogen) atoms. The van der Waals surface area contributed by atoms with Crippen LogP contribution in [-0.2, 0) is 14.3 Å². The molecule has 0 aromatic rings. The van der Waals surface area contributed by atoms with E-state index < -0.39 is 17.4 Å². The van der Waals surface area contributed by atoms with Crippen molar-refractivity contribution in [3.05, 3.63) is 0 Å². The van der Waals surface area contributed by atoms with Gasteiger partial charge in [-0.2, -0.15) is 0 Å². The second-order valence-electron chi connectivity index (χ2n) is 5.93. The van der Waals surface area contributed by atoms with E-state index in [1.54, 1.807) is 0 Å². The summed E-state index contributed by atoms with van der Waals surface area (Å²) < 4.78 is 5.47. The van der Waals surface area contributed by atoms with Crippen LogP contribution in [0.1, 0.15) is 45.4 Å². The van der Waals surface area contributed by atoms with Crippen molar-refractivity contribution in [2.24, 2.45) is 5.41 Å². The van der Waals surface area contributed by atoms with Gasteiger partial charge in [-0.15, -0.1) is 0 Å². The van der Waals surface area contributed by atoms with Gasteiger partial charge >= 0.3 is 6.03 Å². The van der Waals surface area contributed by atoms with Crippen LogP contribution in [0.4, 0.5) is 4.79 Å². The van der Waals surface area contributed by atoms with Gasteiger partial charge < -0.3 is 4.74 Å². The van der Waals surface area contributed by atoms with Gasteiger partial charge in [-0.1, -0.05) is 12.8 Å². The van der Waals surface area contributed by atoms with E-state index in [-0.39, 0.29) is 18.1 Å². The van der Waals surface area contributed by atoms with Crippen LogP contribution >= 0.6 is 0 Å². The van der Waals surface area contributed by atoms with Crippen molar-refractivity contribution in [3.63, 3.8) is 0 Å². The summed E-state index contributed by atoms with van der Waals surface area (Å²) >= 11 is 0. The number of amides is 4. The average molecular weight is 280 g/mol. The number of carbonyl (C=O) groups is 3. The Labute approximate surface area is 117 Å². The minimum Gasteiger partial charge on any atom is -0.378 e. The standard InChI is InChI=1S/C14H20N2O4/c1-2-20-10-7-9(8-10)16-12(18)14(5-3-4-6-14)11(17)15-13(16)19/h9-10H,2-8H2,1H3,(H,15,17,19). The van der Waals surface area contributed by atoms with Gasteiger partial charge in [-0.05, 0) is 32.6 Å². The summed E-state index contributed by atoms with van der Waals surface area (Å²) in [5.74, 6) is -0.689. The van der Waals surface area contributed by atoms with Crippen LogP contribution in [0, 0.1) is 5.41 Å². The second kappa shape index (κ2) is 4.84. The van der Waals surface area contributed by atoms with Crippen LogP contribution in [0.3, 0.4) is 0 Å². The smallest absolute Gasteiger partial charge is 0.331 e. The molecule has 0 aromatic heterocycles. The maximum absolute atomic E-state index is 12.7. The van der Waals surface area contributed by atoms with Crippen molar-refractivity contribution >= 4 is 17.8 Å². The number of rotatable bonds is 3. The summed E-state index contributed by atoms with van der Waals surface area (Å²) in [5, 5.41) is 2.37. The second-order valence-corrected chi connectivity index (χ2v) is 5.93. The van der Waals surface area contributed by atoms with Gasteiger partial charge in [0, 0.05) is 12.6 Å². The maximum Gasteiger partial charge on any atom is 0.331 e. The first kappa shape index (κ1) is 13.5. The molecule has 1 N–H and O–H groups in total. The molecule has 1 spiro atoms. The summed E-state index contributed by atoms with van der Waals surface area (Å²) in [7, 11) is 0. The molecule has 0 atom stereocenters. The van der Waals surface area contributed by atoms with Crippen LogP contribution < -0.4 is 5.32 Å². The third-order valence-electron chi connectivity index (χ3n) is 4.80. The number of hydrogen-bond acceptors (Lipinski definition) is 4. The van der Waals surface area contributed by atoms with Crippen LogP contribution in [-0.4, -0.2) is 41.5 Å². The highest BCUT2D eigenvalue weighted by atomic mass is 16.5. The normalized spacial score (nSPS) is 32.5. The van der Waals surface area contributed by atoms with Crippen molar-refractivity contribution in [3.8, 4) is 0 Å². The number of imide groups is 2. The van der Waals surface area contributed by atoms with E-state index in [9.17, 15) is 14.4 Å². The lowest BCUT2D eigenvalue weighted by atomic mass is 9.79. The van der Waals surface area contributed by atoms with E-state index >= 15 is 0 Å². The molecule has 1 aliphatic heterocycles. The van der Waals surface area contributed by atoms with E-state index in [2.05, 4.69) is 5.32 Å². The molecule has 0 aromatic carbocycles. The molecule has 6 nitrogen and oxygen atoms in total. The Kier molecular flexibility index (Phi) is 3.28. The number of nitrogens with zero attached hydrogens (tertiary/aromatic N) is 1. The Bertz CT molecular complexity index is 450. The van der Waals surface area contributed by atoms with Crippen molar-refractivity contribution in [2.45, 2.75) is 57.6 Å². The highest BCUT2D eigenvalue weighted by Crippen LogP contribution is 2.43. The summed E-state index contributed by atoms with van der Waals surface area (Å²) in [6.45, 7) is 2.57. The largest absolute Gasteiger partial charge is 0.378 e. The van der Waals surface area contributed by atoms with Crippen LogP contribution in [0.5, 0.6) is 0 Å². The van der Waals surface area contributed by atoms with Gasteiger partial charge in [-0.3, -0.25) is 19.8 Å². The average Bonchev–Trinajstić information content (AvgIpc) is 2.84. The molecule has 3 aliphatic rings. The lowest BCUT2D eigenvalue weighted by Gasteiger charge is -2.46. The molecule has 2 saturated carbocycles. The van der Waals surface area contributed by atoms with E-state index in [1.165, 1.54) is 4.90 Å². The van der Waals surface area contributed by atoms with Crippen molar-refractivity contribution in [1.29, 1.82) is 0 Å². The van der Waals surface area contributed by atoms with Crippen LogP contribution in [0.2, 0.25) is 0 Å². The Morgan fingerprint density at radius 1 is 1.25 bits per heavy atom. The predicted molar refractivity (Wildman–Crippen MR) is 69.7 cm³/mol. The summed E-state index contributed by atoms with van der Waals surface area (Å²) in [6, 6.07) is -0.679. The maximum atomic E-state index is 12.7. The van der Waals surface area contributed by atoms with Crippen molar-refractivity contribution in [2.75, 3.05) is 6.61 Å². The SMILES string of the molecule is CCOC1CC(N2C(=O)NC(=O)C3(CCCC3)C2=O)C1. The van der Waals surface area contributed by atoms with Crippen LogP contribution in [0.15, 0.2) is 0 Å². The fourth-order valence-electron chi connectivity index (χ4n) is 3.57. The Morgan fingerprint density at radius 2 is 1.90 bits per heavy atom. The van der Waals surface area contributed by atoms with E-state index in [4.69, 9.17) is 4.74 Å². The Morgan fingerprint density at radius 3 is 2.50 bits per heavy atom. The number of nitrogens with one attached hydrogen (secondary N) is 1. The molecular weight excluding hydrogens is 260 g/mol. The lowest BCUT2D eigenvalue weighted by molar-refractivity contribution is -0.156. The number of urea groups is 1. The Hall–Kier alpha value is -1.43. The minimum absolute atomic E-state index is 0.121.